The van der Waals surface area contributed by atoms with Gasteiger partial charge in [0.1, 0.15) is 17.2 Å². The lowest BCUT2D eigenvalue weighted by Gasteiger charge is -2.28. The van der Waals surface area contributed by atoms with Gasteiger partial charge in [-0.2, -0.15) is 0 Å². The van der Waals surface area contributed by atoms with E-state index in [0.717, 1.165) is 55.2 Å². The summed E-state index contributed by atoms with van der Waals surface area (Å²) in [6, 6.07) is 22.7. The van der Waals surface area contributed by atoms with Gasteiger partial charge in [0.2, 0.25) is 0 Å². The number of morpholine rings is 1. The molecule has 0 saturated carbocycles. The fraction of sp³-hybridized carbons (Fsp3) is 0.286. The molecule has 186 valence electrons. The molecule has 8 heteroatoms. The van der Waals surface area contributed by atoms with E-state index in [2.05, 4.69) is 4.90 Å². The number of thiazole rings is 1. The number of methoxy groups -OCH3 is 1. The van der Waals surface area contributed by atoms with E-state index >= 15 is 0 Å². The number of aromatic nitrogens is 1. The highest BCUT2D eigenvalue weighted by molar-refractivity contribution is 7.22. The summed E-state index contributed by atoms with van der Waals surface area (Å²) in [5.74, 6) is 1.84. The van der Waals surface area contributed by atoms with Crippen LogP contribution in [-0.2, 0) is 4.74 Å². The second kappa shape index (κ2) is 11.5. The largest absolute Gasteiger partial charge is 0.497 e. The van der Waals surface area contributed by atoms with Gasteiger partial charge in [-0.15, -0.1) is 0 Å². The summed E-state index contributed by atoms with van der Waals surface area (Å²) < 4.78 is 17.9. The minimum absolute atomic E-state index is 0.130. The number of para-hydroxylation sites is 2. The number of benzene rings is 3. The molecule has 0 aliphatic carbocycles. The first-order chi connectivity index (χ1) is 17.7. The lowest BCUT2D eigenvalue weighted by atomic mass is 10.1. The van der Waals surface area contributed by atoms with Crippen molar-refractivity contribution in [3.63, 3.8) is 0 Å². The van der Waals surface area contributed by atoms with Gasteiger partial charge in [0, 0.05) is 26.2 Å². The Morgan fingerprint density at radius 1 is 1.03 bits per heavy atom. The summed E-state index contributed by atoms with van der Waals surface area (Å²) in [5, 5.41) is 0.666. The van der Waals surface area contributed by atoms with Gasteiger partial charge in [0.25, 0.3) is 5.91 Å². The number of hydrogen-bond acceptors (Lipinski definition) is 7. The zero-order valence-corrected chi connectivity index (χ0v) is 21.1. The number of amides is 1. The maximum Gasteiger partial charge on any atom is 0.263 e. The molecule has 0 radical (unpaired) electrons. The zero-order valence-electron chi connectivity index (χ0n) is 20.3. The first kappa shape index (κ1) is 24.2. The number of nitrogens with zero attached hydrogens (tertiary/aromatic N) is 3. The Balaban J connectivity index is 1.43. The third-order valence-corrected chi connectivity index (χ3v) is 7.15. The Morgan fingerprint density at radius 2 is 1.81 bits per heavy atom. The predicted octanol–water partition coefficient (Wildman–Crippen LogP) is 5.47. The fourth-order valence-corrected chi connectivity index (χ4v) is 5.21. The molecule has 1 aliphatic heterocycles. The maximum atomic E-state index is 14.0. The Kier molecular flexibility index (Phi) is 7.76. The van der Waals surface area contributed by atoms with Crippen LogP contribution < -0.4 is 14.4 Å². The van der Waals surface area contributed by atoms with Crippen LogP contribution in [0.4, 0.5) is 5.13 Å². The summed E-state index contributed by atoms with van der Waals surface area (Å²) in [4.78, 5) is 23.0. The van der Waals surface area contributed by atoms with Crippen LogP contribution in [0.15, 0.2) is 72.8 Å². The standard InChI is InChI=1S/C28H29N3O4S/c1-33-22-12-13-24-26(20-22)36-28(29-24)31(15-7-14-30-16-18-34-19-17-30)27(32)23-10-5-6-11-25(23)35-21-8-3-2-4-9-21/h2-6,8-13,20H,7,14-19H2,1H3. The topological polar surface area (TPSA) is 64.1 Å². The van der Waals surface area contributed by atoms with E-state index in [4.69, 9.17) is 19.2 Å². The minimum Gasteiger partial charge on any atom is -0.497 e. The summed E-state index contributed by atoms with van der Waals surface area (Å²) in [6.45, 7) is 4.80. The number of rotatable bonds is 9. The van der Waals surface area contributed by atoms with Gasteiger partial charge < -0.3 is 14.2 Å². The SMILES string of the molecule is COc1ccc2nc(N(CCCN3CCOCC3)C(=O)c3ccccc3Oc3ccccc3)sc2c1. The quantitative estimate of drug-likeness (QED) is 0.302. The molecule has 2 heterocycles. The summed E-state index contributed by atoms with van der Waals surface area (Å²) in [5.41, 5.74) is 1.35. The number of anilines is 1. The second-order valence-corrected chi connectivity index (χ2v) is 9.51. The Morgan fingerprint density at radius 3 is 2.61 bits per heavy atom. The normalized spacial score (nSPS) is 14.0. The molecule has 1 fully saturated rings. The van der Waals surface area contributed by atoms with Gasteiger partial charge in [0.15, 0.2) is 5.13 Å². The van der Waals surface area contributed by atoms with Gasteiger partial charge >= 0.3 is 0 Å². The summed E-state index contributed by atoms with van der Waals surface area (Å²) >= 11 is 1.49. The summed E-state index contributed by atoms with van der Waals surface area (Å²) in [7, 11) is 1.65. The van der Waals surface area contributed by atoms with E-state index in [1.165, 1.54) is 11.3 Å². The Hall–Kier alpha value is -3.46. The molecular weight excluding hydrogens is 474 g/mol. The van der Waals surface area contributed by atoms with Crippen LogP contribution in [0.5, 0.6) is 17.2 Å². The average molecular weight is 504 g/mol. The van der Waals surface area contributed by atoms with Crippen LogP contribution >= 0.6 is 11.3 Å². The lowest BCUT2D eigenvalue weighted by molar-refractivity contribution is 0.0376. The van der Waals surface area contributed by atoms with E-state index in [1.54, 1.807) is 12.0 Å². The highest BCUT2D eigenvalue weighted by atomic mass is 32.1. The van der Waals surface area contributed by atoms with Crippen LogP contribution in [0.2, 0.25) is 0 Å². The van der Waals surface area contributed by atoms with Crippen LogP contribution in [0.1, 0.15) is 16.8 Å². The van der Waals surface area contributed by atoms with E-state index in [-0.39, 0.29) is 5.91 Å². The first-order valence-corrected chi connectivity index (χ1v) is 12.9. The number of fused-ring (bicyclic) bond motifs is 1. The number of carbonyl (C=O) groups excluding carboxylic acids is 1. The zero-order chi connectivity index (χ0) is 24.7. The maximum absolute atomic E-state index is 14.0. The summed E-state index contributed by atoms with van der Waals surface area (Å²) in [6.07, 6.45) is 0.826. The van der Waals surface area contributed by atoms with Crippen molar-refractivity contribution in [1.82, 2.24) is 9.88 Å². The molecule has 4 aromatic rings. The molecule has 3 aromatic carbocycles. The van der Waals surface area contributed by atoms with Crippen molar-refractivity contribution in [2.24, 2.45) is 0 Å². The van der Waals surface area contributed by atoms with Crippen molar-refractivity contribution in [3.05, 3.63) is 78.4 Å². The number of ether oxygens (including phenoxy) is 3. The minimum atomic E-state index is -0.130. The monoisotopic (exact) mass is 503 g/mol. The number of hydrogen-bond donors (Lipinski definition) is 0. The van der Waals surface area contributed by atoms with E-state index in [0.29, 0.717) is 28.7 Å². The van der Waals surface area contributed by atoms with Crippen LogP contribution in [0.25, 0.3) is 10.2 Å². The fourth-order valence-electron chi connectivity index (χ4n) is 4.19. The molecule has 1 saturated heterocycles. The molecule has 0 spiro atoms. The van der Waals surface area contributed by atoms with Crippen LogP contribution in [0, 0.1) is 0 Å². The third-order valence-electron chi connectivity index (χ3n) is 6.11. The van der Waals surface area contributed by atoms with Crippen LogP contribution in [-0.4, -0.2) is 62.3 Å². The molecule has 0 bridgehead atoms. The molecule has 0 atom stereocenters. The van der Waals surface area contributed by atoms with Gasteiger partial charge in [-0.25, -0.2) is 4.98 Å². The number of carbonyl (C=O) groups is 1. The van der Waals surface area contributed by atoms with Gasteiger partial charge in [-0.3, -0.25) is 14.6 Å². The molecule has 1 amide bonds. The van der Waals surface area contributed by atoms with Gasteiger partial charge in [-0.1, -0.05) is 41.7 Å². The smallest absolute Gasteiger partial charge is 0.263 e. The molecule has 5 rings (SSSR count). The van der Waals surface area contributed by atoms with Crippen molar-refractivity contribution in [2.45, 2.75) is 6.42 Å². The molecular formula is C28H29N3O4S. The molecule has 0 N–H and O–H groups in total. The van der Waals surface area contributed by atoms with E-state index < -0.39 is 0 Å². The molecule has 36 heavy (non-hydrogen) atoms. The molecule has 1 aromatic heterocycles. The van der Waals surface area contributed by atoms with Gasteiger partial charge in [0.05, 0.1) is 36.1 Å². The highest BCUT2D eigenvalue weighted by Gasteiger charge is 2.25. The van der Waals surface area contributed by atoms with Gasteiger partial charge in [-0.05, 0) is 48.9 Å². The van der Waals surface area contributed by atoms with E-state index in [9.17, 15) is 4.79 Å². The average Bonchev–Trinajstić information content (AvgIpc) is 3.35. The lowest BCUT2D eigenvalue weighted by Crippen LogP contribution is -2.39. The predicted molar refractivity (Wildman–Crippen MR) is 143 cm³/mol. The Bertz CT molecular complexity index is 1300. The van der Waals surface area contributed by atoms with Crippen molar-refractivity contribution in [3.8, 4) is 17.2 Å². The molecule has 0 unspecified atom stereocenters. The van der Waals surface area contributed by atoms with Crippen molar-refractivity contribution in [1.29, 1.82) is 0 Å². The third kappa shape index (κ3) is 5.67. The van der Waals surface area contributed by atoms with Crippen LogP contribution in [0.3, 0.4) is 0 Å². The molecule has 7 nitrogen and oxygen atoms in total. The highest BCUT2D eigenvalue weighted by Crippen LogP contribution is 2.34. The second-order valence-electron chi connectivity index (χ2n) is 8.51. The molecule has 1 aliphatic rings. The first-order valence-electron chi connectivity index (χ1n) is 12.1. The van der Waals surface area contributed by atoms with Crippen molar-refractivity contribution >= 4 is 32.6 Å². The van der Waals surface area contributed by atoms with Crippen molar-refractivity contribution < 1.29 is 19.0 Å². The van der Waals surface area contributed by atoms with E-state index in [1.807, 2.05) is 72.8 Å². The Labute approximate surface area is 214 Å². The van der Waals surface area contributed by atoms with Crippen molar-refractivity contribution in [2.75, 3.05) is 51.4 Å².